The number of benzene rings is 1. The van der Waals surface area contributed by atoms with Crippen molar-refractivity contribution in [1.82, 2.24) is 0 Å². The Morgan fingerprint density at radius 1 is 1.35 bits per heavy atom. The zero-order valence-electron chi connectivity index (χ0n) is 18.8. The van der Waals surface area contributed by atoms with Gasteiger partial charge < -0.3 is 14.6 Å². The first-order chi connectivity index (χ1) is 14.5. The predicted molar refractivity (Wildman–Crippen MR) is 125 cm³/mol. The van der Waals surface area contributed by atoms with Crippen LogP contribution >= 0.6 is 11.3 Å². The molecule has 3 N–H and O–H groups in total. The van der Waals surface area contributed by atoms with Crippen molar-refractivity contribution in [2.45, 2.75) is 75.9 Å². The van der Waals surface area contributed by atoms with Crippen molar-refractivity contribution in [2.24, 2.45) is 9.50 Å². The second-order valence-corrected chi connectivity index (χ2v) is 11.8. The quantitative estimate of drug-likeness (QED) is 0.566. The molecule has 0 amide bonds. The zero-order valence-corrected chi connectivity index (χ0v) is 20.4. The lowest BCUT2D eigenvalue weighted by Gasteiger charge is -2.23. The second kappa shape index (κ2) is 9.11. The van der Waals surface area contributed by atoms with E-state index in [2.05, 4.69) is 31.2 Å². The number of fused-ring (bicyclic) bond motifs is 1. The van der Waals surface area contributed by atoms with Crippen molar-refractivity contribution in [3.8, 4) is 0 Å². The molecule has 2 unspecified atom stereocenters. The van der Waals surface area contributed by atoms with Crippen LogP contribution in [0, 0.1) is 0 Å². The minimum Gasteiger partial charge on any atom is -0.386 e. The Bertz CT molecular complexity index is 1090. The number of hydrogen-bond donors (Lipinski definition) is 2. The molecule has 1 aliphatic rings. The summed E-state index contributed by atoms with van der Waals surface area (Å²) in [7, 11) is -3.18. The summed E-state index contributed by atoms with van der Waals surface area (Å²) < 4.78 is 23.5. The van der Waals surface area contributed by atoms with Crippen molar-refractivity contribution in [1.29, 1.82) is 0 Å². The standard InChI is InChI=1S/C23H32N2O4S2/c1-6-18-20-12-29-11-15(20)7-19(14(2)3)22(18)16(10-26)9-25-31(24,28)21-8-17(13-30-21)23(4,5)27/h7-8,10,13-14,16,27H,6,9,11-12H2,1-5H3,(H2,24,25,28). The fourth-order valence-corrected chi connectivity index (χ4v) is 6.48. The van der Waals surface area contributed by atoms with Crippen LogP contribution < -0.4 is 5.14 Å². The number of ether oxygens (including phenoxy) is 1. The summed E-state index contributed by atoms with van der Waals surface area (Å²) in [5.41, 5.74) is 5.15. The van der Waals surface area contributed by atoms with Crippen LogP contribution in [0.2, 0.25) is 0 Å². The monoisotopic (exact) mass is 464 g/mol. The van der Waals surface area contributed by atoms with Gasteiger partial charge in [0, 0.05) is 0 Å². The van der Waals surface area contributed by atoms with Gasteiger partial charge >= 0.3 is 0 Å². The van der Waals surface area contributed by atoms with E-state index in [4.69, 9.17) is 9.88 Å². The molecule has 0 bridgehead atoms. The van der Waals surface area contributed by atoms with Crippen molar-refractivity contribution in [3.05, 3.63) is 50.9 Å². The van der Waals surface area contributed by atoms with Crippen molar-refractivity contribution in [2.75, 3.05) is 6.54 Å². The third-order valence-corrected chi connectivity index (χ3v) is 8.72. The van der Waals surface area contributed by atoms with Crippen LogP contribution in [-0.2, 0) is 44.7 Å². The van der Waals surface area contributed by atoms with E-state index in [1.165, 1.54) is 16.9 Å². The fraction of sp³-hybridized carbons (Fsp3) is 0.522. The van der Waals surface area contributed by atoms with E-state index in [0.717, 1.165) is 35.0 Å². The summed E-state index contributed by atoms with van der Waals surface area (Å²) in [5.74, 6) is -0.307. The van der Waals surface area contributed by atoms with E-state index < -0.39 is 21.4 Å². The lowest BCUT2D eigenvalue weighted by atomic mass is 9.81. The van der Waals surface area contributed by atoms with Gasteiger partial charge in [0.15, 0.2) is 0 Å². The smallest absolute Gasteiger partial charge is 0.144 e. The summed E-state index contributed by atoms with van der Waals surface area (Å²) >= 11 is 1.21. The van der Waals surface area contributed by atoms with Gasteiger partial charge in [-0.3, -0.25) is 0 Å². The SMILES string of the molecule is CCc1c2c(cc(C(C)C)c1C(C=O)CN=S(N)(=O)c1cc(C(C)(C)O)cs1)COC2. The van der Waals surface area contributed by atoms with E-state index in [1.807, 2.05) is 0 Å². The van der Waals surface area contributed by atoms with E-state index in [9.17, 15) is 14.1 Å². The van der Waals surface area contributed by atoms with Crippen LogP contribution in [0.5, 0.6) is 0 Å². The molecule has 2 atom stereocenters. The third-order valence-electron chi connectivity index (χ3n) is 5.77. The van der Waals surface area contributed by atoms with Crippen molar-refractivity contribution < 1.29 is 18.8 Å². The minimum absolute atomic E-state index is 0.0426. The van der Waals surface area contributed by atoms with Gasteiger partial charge in [-0.2, -0.15) is 0 Å². The van der Waals surface area contributed by atoms with Gasteiger partial charge in [-0.15, -0.1) is 11.3 Å². The topological polar surface area (TPSA) is 102 Å². The molecule has 0 saturated carbocycles. The first kappa shape index (κ1) is 24.1. The molecule has 0 saturated heterocycles. The normalized spacial score (nSPS) is 16.8. The van der Waals surface area contributed by atoms with E-state index in [-0.39, 0.29) is 12.5 Å². The Morgan fingerprint density at radius 3 is 2.61 bits per heavy atom. The largest absolute Gasteiger partial charge is 0.386 e. The number of aliphatic hydroxyl groups is 1. The Morgan fingerprint density at radius 2 is 2.06 bits per heavy atom. The molecule has 1 aromatic heterocycles. The average Bonchev–Trinajstić information content (AvgIpc) is 3.37. The van der Waals surface area contributed by atoms with Gasteiger partial charge in [-0.05, 0) is 71.0 Å². The number of thiophene rings is 1. The Balaban J connectivity index is 2.02. The molecular weight excluding hydrogens is 432 g/mol. The van der Waals surface area contributed by atoms with Crippen LogP contribution in [0.1, 0.15) is 79.8 Å². The summed E-state index contributed by atoms with van der Waals surface area (Å²) in [5, 5.41) is 18.0. The number of aldehydes is 1. The number of rotatable bonds is 8. The highest BCUT2D eigenvalue weighted by atomic mass is 32.2. The van der Waals surface area contributed by atoms with Gasteiger partial charge in [0.1, 0.15) is 20.4 Å². The van der Waals surface area contributed by atoms with Crippen LogP contribution in [-0.4, -0.2) is 22.1 Å². The maximum absolute atomic E-state index is 13.1. The molecule has 6 nitrogen and oxygen atoms in total. The number of carbonyl (C=O) groups is 1. The molecule has 8 heteroatoms. The number of hydrogen-bond acceptors (Lipinski definition) is 6. The van der Waals surface area contributed by atoms with E-state index in [0.29, 0.717) is 23.0 Å². The van der Waals surface area contributed by atoms with E-state index >= 15 is 0 Å². The van der Waals surface area contributed by atoms with Gasteiger partial charge in [-0.1, -0.05) is 26.8 Å². The van der Waals surface area contributed by atoms with Crippen molar-refractivity contribution >= 4 is 27.5 Å². The molecule has 31 heavy (non-hydrogen) atoms. The van der Waals surface area contributed by atoms with Crippen LogP contribution in [0.25, 0.3) is 0 Å². The first-order valence-corrected chi connectivity index (χ1v) is 13.0. The highest BCUT2D eigenvalue weighted by Crippen LogP contribution is 2.37. The van der Waals surface area contributed by atoms with Gasteiger partial charge in [0.05, 0.1) is 31.3 Å². The maximum atomic E-state index is 13.1. The lowest BCUT2D eigenvalue weighted by molar-refractivity contribution is -0.108. The van der Waals surface area contributed by atoms with Gasteiger partial charge in [0.2, 0.25) is 0 Å². The molecule has 2 heterocycles. The second-order valence-electron chi connectivity index (χ2n) is 8.83. The minimum atomic E-state index is -3.18. The van der Waals surface area contributed by atoms with Gasteiger partial charge in [-0.25, -0.2) is 13.7 Å². The third kappa shape index (κ3) is 4.93. The fourth-order valence-electron chi connectivity index (χ4n) is 4.02. The number of nitrogens with zero attached hydrogens (tertiary/aromatic N) is 1. The molecule has 1 aromatic carbocycles. The Hall–Kier alpha value is -1.58. The zero-order chi connectivity index (χ0) is 23.0. The summed E-state index contributed by atoms with van der Waals surface area (Å²) in [4.78, 5) is 12.2. The molecule has 0 aliphatic carbocycles. The molecule has 3 rings (SSSR count). The highest BCUT2D eigenvalue weighted by Gasteiger charge is 2.27. The molecular formula is C23H32N2O4S2. The highest BCUT2D eigenvalue weighted by molar-refractivity contribution is 7.93. The number of carbonyl (C=O) groups excluding carboxylic acids is 1. The van der Waals surface area contributed by atoms with Crippen molar-refractivity contribution in [3.63, 3.8) is 0 Å². The van der Waals surface area contributed by atoms with Crippen LogP contribution in [0.15, 0.2) is 26.1 Å². The Kier molecular flexibility index (Phi) is 7.08. The lowest BCUT2D eigenvalue weighted by Crippen LogP contribution is -2.18. The summed E-state index contributed by atoms with van der Waals surface area (Å²) in [6.07, 6.45) is 1.67. The van der Waals surface area contributed by atoms with Crippen LogP contribution in [0.4, 0.5) is 0 Å². The van der Waals surface area contributed by atoms with Crippen LogP contribution in [0.3, 0.4) is 0 Å². The predicted octanol–water partition coefficient (Wildman–Crippen LogP) is 4.37. The molecule has 2 aromatic rings. The molecule has 170 valence electrons. The van der Waals surface area contributed by atoms with Gasteiger partial charge in [0.25, 0.3) is 0 Å². The molecule has 0 fully saturated rings. The average molecular weight is 465 g/mol. The Labute approximate surface area is 189 Å². The maximum Gasteiger partial charge on any atom is 0.144 e. The molecule has 0 spiro atoms. The molecule has 0 radical (unpaired) electrons. The summed E-state index contributed by atoms with van der Waals surface area (Å²) in [6.45, 7) is 10.8. The number of nitrogens with two attached hydrogens (primary N) is 1. The summed E-state index contributed by atoms with van der Waals surface area (Å²) in [6, 6.07) is 3.78. The van der Waals surface area contributed by atoms with E-state index in [1.54, 1.807) is 25.3 Å². The first-order valence-electron chi connectivity index (χ1n) is 10.5. The molecule has 1 aliphatic heterocycles.